The number of amides is 2. The van der Waals surface area contributed by atoms with Gasteiger partial charge in [0.25, 0.3) is 0 Å². The van der Waals surface area contributed by atoms with Crippen molar-refractivity contribution in [1.82, 2.24) is 0 Å². The van der Waals surface area contributed by atoms with Gasteiger partial charge < -0.3 is 15.5 Å². The van der Waals surface area contributed by atoms with Crippen LogP contribution in [-0.2, 0) is 9.59 Å². The first-order chi connectivity index (χ1) is 15.4. The number of nitrogens with zero attached hydrogens (tertiary/aromatic N) is 1. The topological polar surface area (TPSA) is 95.6 Å². The van der Waals surface area contributed by atoms with E-state index in [9.17, 15) is 19.2 Å². The predicted molar refractivity (Wildman–Crippen MR) is 120 cm³/mol. The molecule has 0 bridgehead atoms. The van der Waals surface area contributed by atoms with Crippen LogP contribution in [0.15, 0.2) is 66.7 Å². The average molecular weight is 425 g/mol. The number of carbonyl (C=O) groups excluding carboxylic acids is 4. The van der Waals surface area contributed by atoms with Crippen molar-refractivity contribution in [3.05, 3.63) is 89.0 Å². The van der Waals surface area contributed by atoms with Crippen LogP contribution in [0, 0.1) is 0 Å². The van der Waals surface area contributed by atoms with E-state index in [0.717, 1.165) is 5.69 Å². The maximum absolute atomic E-state index is 12.9. The number of hydrogen-bond donors (Lipinski definition) is 2. The number of rotatable bonds is 3. The highest BCUT2D eigenvalue weighted by molar-refractivity contribution is 6.28. The molecule has 2 amide bonds. The number of nitrogens with one attached hydrogen (secondary N) is 2. The molecule has 0 radical (unpaired) electrons. The van der Waals surface area contributed by atoms with Crippen molar-refractivity contribution in [2.24, 2.45) is 0 Å². The van der Waals surface area contributed by atoms with Crippen molar-refractivity contribution in [1.29, 1.82) is 0 Å². The maximum Gasteiger partial charge on any atom is 0.246 e. The summed E-state index contributed by atoms with van der Waals surface area (Å²) in [5.74, 6) is -0.983. The fourth-order valence-electron chi connectivity index (χ4n) is 4.17. The zero-order valence-corrected chi connectivity index (χ0v) is 17.2. The smallest absolute Gasteiger partial charge is 0.246 e. The molecule has 3 aromatic rings. The highest BCUT2D eigenvalue weighted by Crippen LogP contribution is 2.32. The summed E-state index contributed by atoms with van der Waals surface area (Å²) < 4.78 is 0. The molecule has 1 aliphatic heterocycles. The molecule has 2 N–H and O–H groups in total. The number of carbonyl (C=O) groups is 4. The summed E-state index contributed by atoms with van der Waals surface area (Å²) in [4.78, 5) is 52.5. The van der Waals surface area contributed by atoms with Gasteiger partial charge in [-0.05, 0) is 37.3 Å². The fourth-order valence-corrected chi connectivity index (χ4v) is 4.17. The number of hydrogen-bond acceptors (Lipinski definition) is 5. The third kappa shape index (κ3) is 3.15. The lowest BCUT2D eigenvalue weighted by atomic mass is 9.84. The number of anilines is 3. The molecule has 0 fully saturated rings. The molecule has 5 rings (SSSR count). The first-order valence-electron chi connectivity index (χ1n) is 10.2. The molecule has 7 nitrogen and oxygen atoms in total. The summed E-state index contributed by atoms with van der Waals surface area (Å²) in [6, 6.07) is 18.2. The summed E-state index contributed by atoms with van der Waals surface area (Å²) in [5, 5.41) is 5.62. The Bertz CT molecular complexity index is 1310. The van der Waals surface area contributed by atoms with E-state index in [1.165, 1.54) is 6.07 Å². The molecular weight excluding hydrogens is 406 g/mol. The molecule has 0 aromatic heterocycles. The Morgan fingerprint density at radius 2 is 1.50 bits per heavy atom. The van der Waals surface area contributed by atoms with Crippen LogP contribution >= 0.6 is 0 Å². The second-order valence-corrected chi connectivity index (χ2v) is 7.82. The molecule has 0 saturated heterocycles. The van der Waals surface area contributed by atoms with Crippen LogP contribution in [0.1, 0.15) is 38.8 Å². The van der Waals surface area contributed by atoms with Gasteiger partial charge in [-0.3, -0.25) is 19.2 Å². The number of fused-ring (bicyclic) bond motifs is 3. The fraction of sp³-hybridized carbons (Fsp3) is 0.120. The molecule has 2 aliphatic rings. The Labute approximate surface area is 184 Å². The van der Waals surface area contributed by atoms with E-state index in [1.807, 2.05) is 18.2 Å². The van der Waals surface area contributed by atoms with Gasteiger partial charge in [0, 0.05) is 27.9 Å². The summed E-state index contributed by atoms with van der Waals surface area (Å²) >= 11 is 0. The molecule has 158 valence electrons. The quantitative estimate of drug-likeness (QED) is 0.525. The second-order valence-electron chi connectivity index (χ2n) is 7.82. The minimum Gasteiger partial charge on any atom is -0.349 e. The summed E-state index contributed by atoms with van der Waals surface area (Å²) in [5.41, 5.74) is 3.16. The Morgan fingerprint density at radius 3 is 2.25 bits per heavy atom. The van der Waals surface area contributed by atoms with Gasteiger partial charge in [0.15, 0.2) is 11.6 Å². The van der Waals surface area contributed by atoms with E-state index in [4.69, 9.17) is 0 Å². The largest absolute Gasteiger partial charge is 0.349 e. The lowest BCUT2D eigenvalue weighted by Crippen LogP contribution is -2.49. The predicted octanol–water partition coefficient (Wildman–Crippen LogP) is 3.25. The van der Waals surface area contributed by atoms with Gasteiger partial charge in [-0.15, -0.1) is 0 Å². The van der Waals surface area contributed by atoms with Crippen LogP contribution in [0.5, 0.6) is 0 Å². The Balaban J connectivity index is 1.39. The molecule has 0 spiro atoms. The van der Waals surface area contributed by atoms with Gasteiger partial charge >= 0.3 is 0 Å². The number of benzene rings is 3. The normalized spacial score (nSPS) is 16.6. The third-order valence-corrected chi connectivity index (χ3v) is 5.84. The summed E-state index contributed by atoms with van der Waals surface area (Å²) in [6.07, 6.45) is 0. The minimum absolute atomic E-state index is 0.0433. The van der Waals surface area contributed by atoms with Crippen molar-refractivity contribution in [2.75, 3.05) is 22.1 Å². The molecular formula is C25H19N3O4. The summed E-state index contributed by atoms with van der Waals surface area (Å²) in [7, 11) is 0. The number of ketones is 2. The molecule has 7 heteroatoms. The molecule has 1 atom stereocenters. The zero-order chi connectivity index (χ0) is 22.4. The SMILES string of the molecule is C[C@H]1C(=O)Nc2ccccc2N1CC(=O)Nc1ccc2c(c1)C(=O)c1ccccc1C2=O. The maximum atomic E-state index is 12.9. The van der Waals surface area contributed by atoms with Gasteiger partial charge in [-0.2, -0.15) is 0 Å². The van der Waals surface area contributed by atoms with Crippen LogP contribution in [-0.4, -0.2) is 36.0 Å². The molecule has 1 heterocycles. The average Bonchev–Trinajstić information content (AvgIpc) is 2.80. The first-order valence-corrected chi connectivity index (χ1v) is 10.2. The highest BCUT2D eigenvalue weighted by atomic mass is 16.2. The van der Waals surface area contributed by atoms with E-state index in [1.54, 1.807) is 54.3 Å². The molecule has 1 aliphatic carbocycles. The van der Waals surface area contributed by atoms with E-state index in [-0.39, 0.29) is 35.5 Å². The van der Waals surface area contributed by atoms with Crippen LogP contribution in [0.2, 0.25) is 0 Å². The monoisotopic (exact) mass is 425 g/mol. The van der Waals surface area contributed by atoms with Crippen molar-refractivity contribution in [3.63, 3.8) is 0 Å². The summed E-state index contributed by atoms with van der Waals surface area (Å²) in [6.45, 7) is 1.69. The van der Waals surface area contributed by atoms with Crippen LogP contribution < -0.4 is 15.5 Å². The minimum atomic E-state index is -0.519. The molecule has 0 unspecified atom stereocenters. The van der Waals surface area contributed by atoms with Crippen molar-refractivity contribution in [3.8, 4) is 0 Å². The molecule has 32 heavy (non-hydrogen) atoms. The lowest BCUT2D eigenvalue weighted by molar-refractivity contribution is -0.117. The van der Waals surface area contributed by atoms with Gasteiger partial charge in [-0.1, -0.05) is 36.4 Å². The standard InChI is InChI=1S/C25H19N3O4/c1-14-25(32)27-20-8-4-5-9-21(20)28(14)13-22(29)26-15-10-11-18-19(12-15)24(31)17-7-3-2-6-16(17)23(18)30/h2-12,14H,13H2,1H3,(H,26,29)(H,27,32)/t14-/m0/s1. The Kier molecular flexibility index (Phi) is 4.59. The van der Waals surface area contributed by atoms with Gasteiger partial charge in [0.05, 0.1) is 17.9 Å². The molecule has 3 aromatic carbocycles. The Morgan fingerprint density at radius 1 is 0.875 bits per heavy atom. The zero-order valence-electron chi connectivity index (χ0n) is 17.2. The third-order valence-electron chi connectivity index (χ3n) is 5.84. The highest BCUT2D eigenvalue weighted by Gasteiger charge is 2.31. The van der Waals surface area contributed by atoms with E-state index >= 15 is 0 Å². The van der Waals surface area contributed by atoms with Crippen LogP contribution in [0.25, 0.3) is 0 Å². The van der Waals surface area contributed by atoms with Gasteiger partial charge in [0.1, 0.15) is 6.04 Å². The van der Waals surface area contributed by atoms with E-state index < -0.39 is 6.04 Å². The second kappa shape index (κ2) is 7.46. The number of para-hydroxylation sites is 2. The van der Waals surface area contributed by atoms with Crippen molar-refractivity contribution in [2.45, 2.75) is 13.0 Å². The van der Waals surface area contributed by atoms with Gasteiger partial charge in [-0.25, -0.2) is 0 Å². The van der Waals surface area contributed by atoms with Crippen LogP contribution in [0.4, 0.5) is 17.1 Å². The lowest BCUT2D eigenvalue weighted by Gasteiger charge is -2.35. The van der Waals surface area contributed by atoms with Crippen molar-refractivity contribution >= 4 is 40.4 Å². The van der Waals surface area contributed by atoms with Crippen molar-refractivity contribution < 1.29 is 19.2 Å². The first kappa shape index (κ1) is 19.7. The molecule has 0 saturated carbocycles. The van der Waals surface area contributed by atoms with Crippen LogP contribution in [0.3, 0.4) is 0 Å². The Hall–Kier alpha value is -4.26. The van der Waals surface area contributed by atoms with E-state index in [0.29, 0.717) is 28.1 Å². The van der Waals surface area contributed by atoms with Gasteiger partial charge in [0.2, 0.25) is 11.8 Å². The van der Waals surface area contributed by atoms with E-state index in [2.05, 4.69) is 10.6 Å².